The fourth-order valence-corrected chi connectivity index (χ4v) is 3.92. The van der Waals surface area contributed by atoms with E-state index in [2.05, 4.69) is 36.5 Å². The molecule has 0 saturated carbocycles. The predicted molar refractivity (Wildman–Crippen MR) is 130 cm³/mol. The largest absolute Gasteiger partial charge is 0.371 e. The van der Waals surface area contributed by atoms with Gasteiger partial charge >= 0.3 is 0 Å². The van der Waals surface area contributed by atoms with Gasteiger partial charge in [-0.2, -0.15) is 4.98 Å². The zero-order chi connectivity index (χ0) is 23.6. The fourth-order valence-electron chi connectivity index (χ4n) is 3.63. The molecule has 2 aromatic heterocycles. The molecule has 33 heavy (non-hydrogen) atoms. The number of alkyl halides is 2. The van der Waals surface area contributed by atoms with Crippen molar-refractivity contribution < 1.29 is 8.78 Å². The van der Waals surface area contributed by atoms with Crippen LogP contribution in [-0.4, -0.2) is 33.5 Å². The van der Waals surface area contributed by atoms with Crippen molar-refractivity contribution >= 4 is 44.8 Å². The lowest BCUT2D eigenvalue weighted by Crippen LogP contribution is -2.39. The molecule has 0 aliphatic carbocycles. The first-order valence-corrected chi connectivity index (χ1v) is 11.5. The van der Waals surface area contributed by atoms with Crippen molar-refractivity contribution in [2.45, 2.75) is 38.7 Å². The molecule has 0 bridgehead atoms. The molecule has 0 amide bonds. The Bertz CT molecular complexity index is 1170. The lowest BCUT2D eigenvalue weighted by Gasteiger charge is -2.33. The average molecular weight is 519 g/mol. The fraction of sp³-hybridized carbons (Fsp3) is 0.348. The standard InChI is InChI=1S/C23H25BrF2N6O/c1-15(2)32-11-3-4-19(21(32)33)29-20-18(24)14-27-22(30-20)28-16-5-7-17(8-6-16)31-12-9-23(25,26)10-13-31/h3-8,11,14-15H,9-10,12-13H2,1-2H3,(H2,27,28,29,30). The van der Waals surface area contributed by atoms with Crippen molar-refractivity contribution in [3.05, 3.63) is 63.6 Å². The molecule has 0 radical (unpaired) electrons. The highest BCUT2D eigenvalue weighted by molar-refractivity contribution is 9.10. The lowest BCUT2D eigenvalue weighted by atomic mass is 10.1. The highest BCUT2D eigenvalue weighted by Crippen LogP contribution is 2.31. The molecule has 10 heteroatoms. The van der Waals surface area contributed by atoms with Gasteiger partial charge in [0.2, 0.25) is 5.95 Å². The summed E-state index contributed by atoms with van der Waals surface area (Å²) in [7, 11) is 0. The van der Waals surface area contributed by atoms with Crippen molar-refractivity contribution in [2.24, 2.45) is 0 Å². The first-order valence-electron chi connectivity index (χ1n) is 10.7. The maximum absolute atomic E-state index is 13.4. The molecular formula is C23H25BrF2N6O. The molecule has 0 unspecified atom stereocenters. The first-order chi connectivity index (χ1) is 15.7. The van der Waals surface area contributed by atoms with Crippen LogP contribution in [0.5, 0.6) is 0 Å². The topological polar surface area (TPSA) is 75.1 Å². The molecular weight excluding hydrogens is 494 g/mol. The number of nitrogens with one attached hydrogen (secondary N) is 2. The van der Waals surface area contributed by atoms with Crippen LogP contribution < -0.4 is 21.1 Å². The Morgan fingerprint density at radius 2 is 1.79 bits per heavy atom. The van der Waals surface area contributed by atoms with Crippen molar-refractivity contribution in [3.63, 3.8) is 0 Å². The van der Waals surface area contributed by atoms with Gasteiger partial charge in [-0.25, -0.2) is 13.8 Å². The minimum absolute atomic E-state index is 0.0368. The molecule has 4 rings (SSSR count). The molecule has 0 spiro atoms. The van der Waals surface area contributed by atoms with Gasteiger partial charge in [-0.3, -0.25) is 4.79 Å². The van der Waals surface area contributed by atoms with Gasteiger partial charge in [0, 0.05) is 55.7 Å². The number of aromatic nitrogens is 3. The molecule has 7 nitrogen and oxygen atoms in total. The van der Waals surface area contributed by atoms with Crippen molar-refractivity contribution in [3.8, 4) is 0 Å². The number of hydrogen-bond acceptors (Lipinski definition) is 6. The maximum Gasteiger partial charge on any atom is 0.274 e. The number of benzene rings is 1. The molecule has 3 heterocycles. The summed E-state index contributed by atoms with van der Waals surface area (Å²) in [5, 5.41) is 6.22. The Morgan fingerprint density at radius 1 is 1.09 bits per heavy atom. The number of pyridine rings is 1. The normalized spacial score (nSPS) is 15.5. The van der Waals surface area contributed by atoms with Gasteiger partial charge in [0.15, 0.2) is 5.82 Å². The van der Waals surface area contributed by atoms with Gasteiger partial charge < -0.3 is 20.1 Å². The van der Waals surface area contributed by atoms with Gasteiger partial charge in [-0.1, -0.05) is 0 Å². The van der Waals surface area contributed by atoms with E-state index in [1.165, 1.54) is 0 Å². The summed E-state index contributed by atoms with van der Waals surface area (Å²) in [6.07, 6.45) is 3.10. The third kappa shape index (κ3) is 5.50. The summed E-state index contributed by atoms with van der Waals surface area (Å²) in [4.78, 5) is 23.4. The number of rotatable bonds is 6. The number of hydrogen-bond donors (Lipinski definition) is 2. The van der Waals surface area contributed by atoms with Crippen LogP contribution in [0.2, 0.25) is 0 Å². The van der Waals surface area contributed by atoms with Crippen LogP contribution in [0.1, 0.15) is 32.7 Å². The lowest BCUT2D eigenvalue weighted by molar-refractivity contribution is -0.0220. The van der Waals surface area contributed by atoms with Crippen molar-refractivity contribution in [1.82, 2.24) is 14.5 Å². The molecule has 1 fully saturated rings. The summed E-state index contributed by atoms with van der Waals surface area (Å²) in [6, 6.07) is 11.1. The highest BCUT2D eigenvalue weighted by atomic mass is 79.9. The van der Waals surface area contributed by atoms with Crippen molar-refractivity contribution in [1.29, 1.82) is 0 Å². The number of anilines is 5. The third-order valence-electron chi connectivity index (χ3n) is 5.51. The van der Waals surface area contributed by atoms with E-state index >= 15 is 0 Å². The van der Waals surface area contributed by atoms with E-state index in [1.807, 2.05) is 49.1 Å². The van der Waals surface area contributed by atoms with E-state index in [-0.39, 0.29) is 24.4 Å². The van der Waals surface area contributed by atoms with Crippen molar-refractivity contribution in [2.75, 3.05) is 28.6 Å². The Labute approximate surface area is 199 Å². The van der Waals surface area contributed by atoms with Gasteiger partial charge in [-0.15, -0.1) is 0 Å². The van der Waals surface area contributed by atoms with Gasteiger partial charge in [0.25, 0.3) is 11.5 Å². The Hall–Kier alpha value is -3.01. The number of halogens is 3. The quantitative estimate of drug-likeness (QED) is 0.435. The summed E-state index contributed by atoms with van der Waals surface area (Å²) in [6.45, 7) is 4.56. The predicted octanol–water partition coefficient (Wildman–Crippen LogP) is 5.70. The Morgan fingerprint density at radius 3 is 2.45 bits per heavy atom. The van der Waals surface area contributed by atoms with Crippen LogP contribution >= 0.6 is 15.9 Å². The van der Waals surface area contributed by atoms with E-state index < -0.39 is 5.92 Å². The zero-order valence-corrected chi connectivity index (χ0v) is 19.9. The van der Waals surface area contributed by atoms with Gasteiger partial charge in [0.1, 0.15) is 5.69 Å². The van der Waals surface area contributed by atoms with Crippen LogP contribution in [0.25, 0.3) is 0 Å². The second-order valence-corrected chi connectivity index (χ2v) is 9.11. The SMILES string of the molecule is CC(C)n1cccc(Nc2nc(Nc3ccc(N4CCC(F)(F)CC4)cc3)ncc2Br)c1=O. The summed E-state index contributed by atoms with van der Waals surface area (Å²) in [5.74, 6) is -1.76. The van der Waals surface area contributed by atoms with Crippen LogP contribution in [0.3, 0.4) is 0 Å². The molecule has 0 atom stereocenters. The monoisotopic (exact) mass is 518 g/mol. The minimum atomic E-state index is -2.57. The van der Waals surface area contributed by atoms with E-state index in [0.29, 0.717) is 35.0 Å². The molecule has 1 aliphatic rings. The second kappa shape index (κ2) is 9.46. The third-order valence-corrected chi connectivity index (χ3v) is 6.09. The summed E-state index contributed by atoms with van der Waals surface area (Å²) in [5.41, 5.74) is 1.93. The molecule has 1 saturated heterocycles. The van der Waals surface area contributed by atoms with Crippen LogP contribution in [0, 0.1) is 0 Å². The second-order valence-electron chi connectivity index (χ2n) is 8.26. The molecule has 1 aromatic carbocycles. The maximum atomic E-state index is 13.4. The molecule has 2 N–H and O–H groups in total. The number of piperidine rings is 1. The first kappa shape index (κ1) is 23.2. The minimum Gasteiger partial charge on any atom is -0.371 e. The molecule has 3 aromatic rings. The van der Waals surface area contributed by atoms with E-state index in [9.17, 15) is 13.6 Å². The van der Waals surface area contributed by atoms with E-state index in [0.717, 1.165) is 11.4 Å². The summed E-state index contributed by atoms with van der Waals surface area (Å²) < 4.78 is 29.1. The highest BCUT2D eigenvalue weighted by Gasteiger charge is 2.33. The van der Waals surface area contributed by atoms with Gasteiger partial charge in [-0.05, 0) is 66.2 Å². The molecule has 1 aliphatic heterocycles. The van der Waals surface area contributed by atoms with Gasteiger partial charge in [0.05, 0.1) is 4.47 Å². The van der Waals surface area contributed by atoms with E-state index in [4.69, 9.17) is 0 Å². The summed E-state index contributed by atoms with van der Waals surface area (Å²) >= 11 is 3.42. The zero-order valence-electron chi connectivity index (χ0n) is 18.4. The molecule has 174 valence electrons. The van der Waals surface area contributed by atoms with Crippen LogP contribution in [-0.2, 0) is 0 Å². The average Bonchev–Trinajstić information content (AvgIpc) is 2.78. The van der Waals surface area contributed by atoms with E-state index in [1.54, 1.807) is 23.0 Å². The van der Waals surface area contributed by atoms with Crippen LogP contribution in [0.4, 0.5) is 37.6 Å². The number of nitrogens with zero attached hydrogens (tertiary/aromatic N) is 4. The smallest absolute Gasteiger partial charge is 0.274 e. The van der Waals surface area contributed by atoms with Crippen LogP contribution in [0.15, 0.2) is 58.1 Å². The Kier molecular flexibility index (Phi) is 6.64. The Balaban J connectivity index is 1.47.